The van der Waals surface area contributed by atoms with Crippen molar-refractivity contribution < 1.29 is 0 Å². The highest BCUT2D eigenvalue weighted by molar-refractivity contribution is 7.12. The third kappa shape index (κ3) is 2.47. The number of aromatic amines is 1. The lowest BCUT2D eigenvalue weighted by molar-refractivity contribution is 1.22. The van der Waals surface area contributed by atoms with Crippen molar-refractivity contribution in [3.8, 4) is 28.5 Å². The molecular weight excluding hydrogens is 292 g/mol. The van der Waals surface area contributed by atoms with Gasteiger partial charge in [0.25, 0.3) is 5.56 Å². The summed E-state index contributed by atoms with van der Waals surface area (Å²) in [6.07, 6.45) is 0. The van der Waals surface area contributed by atoms with Gasteiger partial charge in [-0.1, -0.05) is 30.3 Å². The van der Waals surface area contributed by atoms with Crippen molar-refractivity contribution in [2.24, 2.45) is 0 Å². The molecule has 3 nitrogen and oxygen atoms in total. The molecule has 108 valence electrons. The molecule has 0 radical (unpaired) electrons. The quantitative estimate of drug-likeness (QED) is 0.769. The molecule has 3 aromatic rings. The molecule has 0 bridgehead atoms. The van der Waals surface area contributed by atoms with Gasteiger partial charge in [0.05, 0.1) is 0 Å². The second-order valence-electron chi connectivity index (χ2n) is 5.11. The Bertz CT molecular complexity index is 930. The maximum absolute atomic E-state index is 12.3. The van der Waals surface area contributed by atoms with Crippen molar-refractivity contribution in [3.63, 3.8) is 0 Å². The van der Waals surface area contributed by atoms with Crippen LogP contribution in [0.5, 0.6) is 0 Å². The van der Waals surface area contributed by atoms with Crippen LogP contribution < -0.4 is 5.56 Å². The van der Waals surface area contributed by atoms with Crippen molar-refractivity contribution >= 4 is 11.3 Å². The number of thiophene rings is 1. The molecule has 2 heterocycles. The molecule has 0 spiro atoms. The molecule has 0 saturated carbocycles. The molecule has 0 fully saturated rings. The molecule has 0 saturated heterocycles. The molecular formula is C18H14N2OS. The predicted molar refractivity (Wildman–Crippen MR) is 90.0 cm³/mol. The zero-order chi connectivity index (χ0) is 15.7. The highest BCUT2D eigenvalue weighted by atomic mass is 32.1. The third-order valence-electron chi connectivity index (χ3n) is 3.56. The van der Waals surface area contributed by atoms with E-state index < -0.39 is 0 Å². The largest absolute Gasteiger partial charge is 0.321 e. The number of hydrogen-bond acceptors (Lipinski definition) is 3. The van der Waals surface area contributed by atoms with E-state index in [1.165, 1.54) is 0 Å². The molecule has 1 aromatic carbocycles. The molecule has 4 heteroatoms. The summed E-state index contributed by atoms with van der Waals surface area (Å²) >= 11 is 1.67. The van der Waals surface area contributed by atoms with Gasteiger partial charge in [0.1, 0.15) is 11.6 Å². The molecule has 1 N–H and O–H groups in total. The van der Waals surface area contributed by atoms with E-state index in [1.807, 2.05) is 62.4 Å². The van der Waals surface area contributed by atoms with Gasteiger partial charge in [-0.2, -0.15) is 5.26 Å². The summed E-state index contributed by atoms with van der Waals surface area (Å²) < 4.78 is 0. The zero-order valence-corrected chi connectivity index (χ0v) is 13.1. The van der Waals surface area contributed by atoms with Gasteiger partial charge in [-0.15, -0.1) is 11.3 Å². The first-order chi connectivity index (χ1) is 10.6. The highest BCUT2D eigenvalue weighted by Gasteiger charge is 2.15. The minimum Gasteiger partial charge on any atom is -0.321 e. The summed E-state index contributed by atoms with van der Waals surface area (Å²) in [5.74, 6) is 0. The SMILES string of the molecule is Cc1cc(-c2cc(-c3ccccc3)[nH]c(=O)c2C#N)c(C)s1. The Kier molecular flexibility index (Phi) is 3.66. The van der Waals surface area contributed by atoms with E-state index in [0.717, 1.165) is 26.6 Å². The normalized spacial score (nSPS) is 10.4. The van der Waals surface area contributed by atoms with Gasteiger partial charge in [-0.05, 0) is 37.1 Å². The lowest BCUT2D eigenvalue weighted by atomic mass is 9.99. The maximum Gasteiger partial charge on any atom is 0.266 e. The summed E-state index contributed by atoms with van der Waals surface area (Å²) in [6.45, 7) is 4.04. The minimum absolute atomic E-state index is 0.167. The Morgan fingerprint density at radius 1 is 1.09 bits per heavy atom. The van der Waals surface area contributed by atoms with E-state index in [-0.39, 0.29) is 11.1 Å². The van der Waals surface area contributed by atoms with Crippen molar-refractivity contribution in [1.82, 2.24) is 4.98 Å². The van der Waals surface area contributed by atoms with Gasteiger partial charge in [0.15, 0.2) is 0 Å². The van der Waals surface area contributed by atoms with Crippen LogP contribution in [0.2, 0.25) is 0 Å². The number of nitrogens with one attached hydrogen (secondary N) is 1. The van der Waals surface area contributed by atoms with Crippen LogP contribution >= 0.6 is 11.3 Å². The number of rotatable bonds is 2. The van der Waals surface area contributed by atoms with E-state index in [9.17, 15) is 10.1 Å². The first-order valence-electron chi connectivity index (χ1n) is 6.90. The fourth-order valence-electron chi connectivity index (χ4n) is 2.55. The number of H-pyrrole nitrogens is 1. The average molecular weight is 306 g/mol. The van der Waals surface area contributed by atoms with Crippen molar-refractivity contribution in [2.45, 2.75) is 13.8 Å². The zero-order valence-electron chi connectivity index (χ0n) is 12.3. The van der Waals surface area contributed by atoms with Crippen LogP contribution in [0, 0.1) is 25.2 Å². The first-order valence-corrected chi connectivity index (χ1v) is 7.72. The fourth-order valence-corrected chi connectivity index (χ4v) is 3.49. The van der Waals surface area contributed by atoms with Crippen LogP contribution in [-0.4, -0.2) is 4.98 Å². The van der Waals surface area contributed by atoms with Crippen LogP contribution in [0.3, 0.4) is 0 Å². The second kappa shape index (κ2) is 5.63. The molecule has 0 aliphatic rings. The Labute approximate surface area is 132 Å². The monoisotopic (exact) mass is 306 g/mol. The van der Waals surface area contributed by atoms with Gasteiger partial charge < -0.3 is 4.98 Å². The highest BCUT2D eigenvalue weighted by Crippen LogP contribution is 2.33. The van der Waals surface area contributed by atoms with Gasteiger partial charge in [-0.3, -0.25) is 4.79 Å². The van der Waals surface area contributed by atoms with Crippen LogP contribution in [0.25, 0.3) is 22.4 Å². The number of nitrogens with zero attached hydrogens (tertiary/aromatic N) is 1. The summed E-state index contributed by atoms with van der Waals surface area (Å²) in [7, 11) is 0. The van der Waals surface area contributed by atoms with E-state index in [0.29, 0.717) is 5.56 Å². The first kappa shape index (κ1) is 14.3. The van der Waals surface area contributed by atoms with Crippen LogP contribution in [0.4, 0.5) is 0 Å². The number of nitriles is 1. The topological polar surface area (TPSA) is 56.6 Å². The van der Waals surface area contributed by atoms with Gasteiger partial charge in [-0.25, -0.2) is 0 Å². The van der Waals surface area contributed by atoms with Crippen LogP contribution in [-0.2, 0) is 0 Å². The summed E-state index contributed by atoms with van der Waals surface area (Å²) in [6, 6.07) is 15.6. The molecule has 22 heavy (non-hydrogen) atoms. The van der Waals surface area contributed by atoms with E-state index in [2.05, 4.69) is 4.98 Å². The molecule has 3 rings (SSSR count). The van der Waals surface area contributed by atoms with E-state index >= 15 is 0 Å². The molecule has 0 atom stereocenters. The molecule has 0 amide bonds. The molecule has 0 aliphatic carbocycles. The molecule has 2 aromatic heterocycles. The van der Waals surface area contributed by atoms with Crippen molar-refractivity contribution in [3.05, 3.63) is 68.1 Å². The van der Waals surface area contributed by atoms with Crippen LogP contribution in [0.15, 0.2) is 47.3 Å². The maximum atomic E-state index is 12.3. The van der Waals surface area contributed by atoms with Gasteiger partial charge in [0, 0.05) is 21.0 Å². The number of pyridine rings is 1. The number of aryl methyl sites for hydroxylation is 2. The standard InChI is InChI=1S/C18H14N2OS/c1-11-8-14(12(2)22-11)15-9-17(13-6-4-3-5-7-13)20-18(21)16(15)10-19/h3-9H,1-2H3,(H,20,21). The van der Waals surface area contributed by atoms with Gasteiger partial charge in [0.2, 0.25) is 0 Å². The fraction of sp³-hybridized carbons (Fsp3) is 0.111. The Morgan fingerprint density at radius 2 is 1.82 bits per heavy atom. The van der Waals surface area contributed by atoms with Gasteiger partial charge >= 0.3 is 0 Å². The minimum atomic E-state index is -0.345. The number of aromatic nitrogens is 1. The summed E-state index contributed by atoms with van der Waals surface area (Å²) in [5.41, 5.74) is 3.13. The summed E-state index contributed by atoms with van der Waals surface area (Å²) in [5, 5.41) is 9.35. The summed E-state index contributed by atoms with van der Waals surface area (Å²) in [4.78, 5) is 17.4. The lowest BCUT2D eigenvalue weighted by Crippen LogP contribution is -2.12. The number of hydrogen-bond donors (Lipinski definition) is 1. The third-order valence-corrected chi connectivity index (χ3v) is 4.53. The smallest absolute Gasteiger partial charge is 0.266 e. The van der Waals surface area contributed by atoms with Crippen LogP contribution in [0.1, 0.15) is 15.3 Å². The van der Waals surface area contributed by atoms with E-state index in [4.69, 9.17) is 0 Å². The Hall–Kier alpha value is -2.64. The second-order valence-corrected chi connectivity index (χ2v) is 6.57. The molecule has 0 aliphatic heterocycles. The van der Waals surface area contributed by atoms with E-state index in [1.54, 1.807) is 11.3 Å². The van der Waals surface area contributed by atoms with Crippen molar-refractivity contribution in [1.29, 1.82) is 5.26 Å². The predicted octanol–water partition coefficient (Wildman–Crippen LogP) is 4.26. The van der Waals surface area contributed by atoms with Crippen molar-refractivity contribution in [2.75, 3.05) is 0 Å². The Balaban J connectivity index is 2.29. The lowest BCUT2D eigenvalue weighted by Gasteiger charge is -2.07. The average Bonchev–Trinajstić information content (AvgIpc) is 2.86. The Morgan fingerprint density at radius 3 is 2.41 bits per heavy atom. The molecule has 0 unspecified atom stereocenters. The number of benzene rings is 1.